The van der Waals surface area contributed by atoms with Crippen LogP contribution in [0.2, 0.25) is 15.9 Å². The number of hydrogen-bond acceptors (Lipinski definition) is 8. The highest BCUT2D eigenvalue weighted by Crippen LogP contribution is 2.28. The van der Waals surface area contributed by atoms with Crippen LogP contribution in [0.25, 0.3) is 5.70 Å². The lowest BCUT2D eigenvalue weighted by Crippen LogP contribution is -2.37. The highest BCUT2D eigenvalue weighted by Gasteiger charge is 2.28. The van der Waals surface area contributed by atoms with Gasteiger partial charge in [0, 0.05) is 0 Å². The van der Waals surface area contributed by atoms with Crippen LogP contribution in [0, 0.1) is 0 Å². The number of amidine groups is 1. The van der Waals surface area contributed by atoms with Gasteiger partial charge in [-0.15, -0.1) is 0 Å². The molecule has 3 heterocycles. The Morgan fingerprint density at radius 3 is 2.17 bits per heavy atom. The van der Waals surface area contributed by atoms with Crippen LogP contribution in [0.5, 0.6) is 0 Å². The van der Waals surface area contributed by atoms with E-state index in [2.05, 4.69) is 34.9 Å². The molecule has 23 heavy (non-hydrogen) atoms. The zero-order chi connectivity index (χ0) is 16.6. The van der Waals surface area contributed by atoms with Gasteiger partial charge in [-0.3, -0.25) is 4.90 Å². The van der Waals surface area contributed by atoms with Crippen LogP contribution in [0.4, 0.5) is 5.95 Å². The highest BCUT2D eigenvalue weighted by molar-refractivity contribution is 6.69. The molecule has 1 aliphatic rings. The number of anilines is 1. The van der Waals surface area contributed by atoms with Gasteiger partial charge in [0.25, 0.3) is 0 Å². The van der Waals surface area contributed by atoms with E-state index in [0.717, 1.165) is 0 Å². The van der Waals surface area contributed by atoms with Gasteiger partial charge < -0.3 is 0 Å². The van der Waals surface area contributed by atoms with Gasteiger partial charge >= 0.3 is 0 Å². The van der Waals surface area contributed by atoms with E-state index < -0.39 is 5.50 Å². The molecule has 0 radical (unpaired) electrons. The van der Waals surface area contributed by atoms with Crippen LogP contribution in [-0.2, 0) is 0 Å². The molecule has 2 aromatic rings. The van der Waals surface area contributed by atoms with Gasteiger partial charge in [-0.1, -0.05) is 11.6 Å². The van der Waals surface area contributed by atoms with E-state index in [0.29, 0.717) is 0 Å². The van der Waals surface area contributed by atoms with Crippen LogP contribution >= 0.6 is 58.0 Å². The molecule has 1 aliphatic heterocycles. The van der Waals surface area contributed by atoms with Crippen molar-refractivity contribution in [2.45, 2.75) is 5.50 Å². The number of nitrogens with zero attached hydrogens (tertiary/aromatic N) is 8. The summed E-state index contributed by atoms with van der Waals surface area (Å²) in [5.41, 5.74) is -0.500. The Morgan fingerprint density at radius 2 is 1.57 bits per heavy atom. The number of aromatic nitrogens is 6. The Bertz CT molecular complexity index is 804. The summed E-state index contributed by atoms with van der Waals surface area (Å²) in [6, 6.07) is 0. The molecule has 1 unspecified atom stereocenters. The van der Waals surface area contributed by atoms with Crippen molar-refractivity contribution in [3.05, 3.63) is 34.1 Å². The molecule has 13 heteroatoms. The van der Waals surface area contributed by atoms with Gasteiger partial charge in [-0.2, -0.15) is 19.9 Å². The van der Waals surface area contributed by atoms with Crippen LogP contribution in [0.3, 0.4) is 0 Å². The van der Waals surface area contributed by atoms with Gasteiger partial charge in [-0.05, 0) is 52.5 Å². The van der Waals surface area contributed by atoms with Crippen molar-refractivity contribution in [1.29, 1.82) is 0 Å². The maximum atomic E-state index is 6.29. The molecule has 0 bridgehead atoms. The zero-order valence-electron chi connectivity index (χ0n) is 10.7. The third-order valence-electron chi connectivity index (χ3n) is 2.51. The molecular weight excluding hydrogens is 409 g/mol. The fourth-order valence-electron chi connectivity index (χ4n) is 1.64. The Hall–Kier alpha value is -1.32. The normalized spacial score (nSPS) is 17.8. The number of rotatable bonds is 2. The Balaban J connectivity index is 1.98. The average molecular weight is 412 g/mol. The standard InChI is InChI=1S/C10H3Cl5N8/c11-4-1-3(5-19-7(13)21-8(14)20-5)18-9(15)23(4)10-17-2-16-6(12)22-10/h1-2,4H. The fraction of sp³-hybridized carbons (Fsp3) is 0.100. The maximum absolute atomic E-state index is 6.29. The second-order valence-corrected chi connectivity index (χ2v) is 5.73. The predicted molar refractivity (Wildman–Crippen MR) is 88.1 cm³/mol. The summed E-state index contributed by atoms with van der Waals surface area (Å²) >= 11 is 29.7. The first-order valence-electron chi connectivity index (χ1n) is 5.75. The number of aliphatic imine (C=N–C) groups is 1. The van der Waals surface area contributed by atoms with Gasteiger partial charge in [0.15, 0.2) is 5.82 Å². The molecule has 0 spiro atoms. The first-order chi connectivity index (χ1) is 10.9. The summed E-state index contributed by atoms with van der Waals surface area (Å²) in [5, 5.41) is -0.179. The predicted octanol–water partition coefficient (Wildman–Crippen LogP) is 3.04. The smallest absolute Gasteiger partial charge is 0.237 e. The van der Waals surface area contributed by atoms with Gasteiger partial charge in [0.2, 0.25) is 27.1 Å². The topological polar surface area (TPSA) is 92.9 Å². The molecule has 3 rings (SSSR count). The third-order valence-corrected chi connectivity index (χ3v) is 3.62. The summed E-state index contributed by atoms with van der Waals surface area (Å²) in [6.07, 6.45) is 2.75. The van der Waals surface area contributed by atoms with Crippen molar-refractivity contribution in [1.82, 2.24) is 29.9 Å². The summed E-state index contributed by atoms with van der Waals surface area (Å²) in [4.78, 5) is 28.5. The van der Waals surface area contributed by atoms with E-state index in [1.165, 1.54) is 17.3 Å². The second-order valence-electron chi connectivity index (χ2n) is 3.93. The first-order valence-corrected chi connectivity index (χ1v) is 7.70. The lowest BCUT2D eigenvalue weighted by molar-refractivity contribution is 0.929. The second kappa shape index (κ2) is 6.66. The number of halogens is 5. The van der Waals surface area contributed by atoms with E-state index in [1.807, 2.05) is 0 Å². The molecule has 1 atom stereocenters. The van der Waals surface area contributed by atoms with Crippen molar-refractivity contribution < 1.29 is 0 Å². The van der Waals surface area contributed by atoms with Crippen molar-refractivity contribution in [2.24, 2.45) is 4.99 Å². The molecule has 0 N–H and O–H groups in total. The van der Waals surface area contributed by atoms with E-state index in [4.69, 9.17) is 58.0 Å². The SMILES string of the molecule is ClC1=NC(c2nc(Cl)nc(Cl)n2)=CC(Cl)N1c1ncnc(Cl)n1. The quantitative estimate of drug-likeness (QED) is 0.553. The molecule has 2 aromatic heterocycles. The van der Waals surface area contributed by atoms with Crippen LogP contribution < -0.4 is 4.90 Å². The third kappa shape index (κ3) is 3.61. The highest BCUT2D eigenvalue weighted by atomic mass is 35.5. The monoisotopic (exact) mass is 410 g/mol. The largest absolute Gasteiger partial charge is 0.264 e. The van der Waals surface area contributed by atoms with Crippen LogP contribution in [0.15, 0.2) is 17.4 Å². The molecule has 118 valence electrons. The molecule has 8 nitrogen and oxygen atoms in total. The Labute approximate surface area is 154 Å². The van der Waals surface area contributed by atoms with Crippen LogP contribution in [-0.4, -0.2) is 40.7 Å². The van der Waals surface area contributed by atoms with Crippen molar-refractivity contribution in [3.8, 4) is 0 Å². The van der Waals surface area contributed by atoms with E-state index in [1.54, 1.807) is 0 Å². The minimum absolute atomic E-state index is 0.00543. The molecule has 0 fully saturated rings. The maximum Gasteiger partial charge on any atom is 0.237 e. The van der Waals surface area contributed by atoms with Gasteiger partial charge in [-0.25, -0.2) is 15.0 Å². The van der Waals surface area contributed by atoms with Crippen LogP contribution in [0.1, 0.15) is 5.82 Å². The van der Waals surface area contributed by atoms with E-state index in [9.17, 15) is 0 Å². The molecule has 0 aromatic carbocycles. The fourth-order valence-corrected chi connectivity index (χ4v) is 2.74. The minimum atomic E-state index is -0.775. The van der Waals surface area contributed by atoms with Gasteiger partial charge in [0.1, 0.15) is 17.5 Å². The molecule has 0 saturated heterocycles. The van der Waals surface area contributed by atoms with Crippen molar-refractivity contribution in [3.63, 3.8) is 0 Å². The summed E-state index contributed by atoms with van der Waals surface area (Å²) < 4.78 is 0. The Morgan fingerprint density at radius 1 is 0.870 bits per heavy atom. The van der Waals surface area contributed by atoms with Crippen molar-refractivity contribution in [2.75, 3.05) is 4.90 Å². The summed E-state index contributed by atoms with van der Waals surface area (Å²) in [5.74, 6) is 0.271. The summed E-state index contributed by atoms with van der Waals surface area (Å²) in [6.45, 7) is 0. The average Bonchev–Trinajstić information content (AvgIpc) is 2.45. The lowest BCUT2D eigenvalue weighted by Gasteiger charge is -2.26. The Kier molecular flexibility index (Phi) is 4.79. The number of hydrogen-bond donors (Lipinski definition) is 0. The minimum Gasteiger partial charge on any atom is -0.264 e. The molecular formula is C10H3Cl5N8. The van der Waals surface area contributed by atoms with Gasteiger partial charge in [0.05, 0.1) is 0 Å². The molecule has 0 saturated carbocycles. The van der Waals surface area contributed by atoms with E-state index in [-0.39, 0.29) is 38.6 Å². The first kappa shape index (κ1) is 16.5. The number of alkyl halides is 1. The molecule has 0 amide bonds. The summed E-state index contributed by atoms with van der Waals surface area (Å²) in [7, 11) is 0. The van der Waals surface area contributed by atoms with Crippen molar-refractivity contribution >= 4 is 74.9 Å². The van der Waals surface area contributed by atoms with E-state index >= 15 is 0 Å². The zero-order valence-corrected chi connectivity index (χ0v) is 14.5. The lowest BCUT2D eigenvalue weighted by atomic mass is 10.3. The molecule has 0 aliphatic carbocycles.